The number of nitrogens with one attached hydrogen (secondary N) is 1. The van der Waals surface area contributed by atoms with Gasteiger partial charge in [0.05, 0.1) is 30.3 Å². The number of hydrogen-bond donors (Lipinski definition) is 1. The molecule has 1 atom stereocenters. The predicted octanol–water partition coefficient (Wildman–Crippen LogP) is 3.41. The highest BCUT2D eigenvalue weighted by molar-refractivity contribution is 7.89. The van der Waals surface area contributed by atoms with Crippen molar-refractivity contribution in [1.82, 2.24) is 14.3 Å². The number of carbonyl (C=O) groups is 2. The number of ether oxygens (including phenoxy) is 1. The smallest absolute Gasteiger partial charge is 0.354 e. The molecule has 0 fully saturated rings. The number of rotatable bonds is 8. The lowest BCUT2D eigenvalue weighted by atomic mass is 10.0. The van der Waals surface area contributed by atoms with E-state index in [0.29, 0.717) is 17.0 Å². The Morgan fingerprint density at radius 3 is 2.39 bits per heavy atom. The van der Waals surface area contributed by atoms with Gasteiger partial charge in [-0.15, -0.1) is 0 Å². The predicted molar refractivity (Wildman–Crippen MR) is 119 cm³/mol. The number of ketones is 1. The van der Waals surface area contributed by atoms with E-state index in [1.54, 1.807) is 32.0 Å². The van der Waals surface area contributed by atoms with Gasteiger partial charge in [0.15, 0.2) is 5.78 Å². The zero-order valence-electron chi connectivity index (χ0n) is 18.6. The number of sulfonamides is 1. The number of methoxy groups -OCH3 is 1. The number of pyridine rings is 1. The van der Waals surface area contributed by atoms with Crippen molar-refractivity contribution < 1.29 is 27.1 Å². The van der Waals surface area contributed by atoms with Gasteiger partial charge < -0.3 is 9.72 Å². The number of aryl methyl sites for hydroxylation is 1. The van der Waals surface area contributed by atoms with Gasteiger partial charge in [0.2, 0.25) is 10.0 Å². The van der Waals surface area contributed by atoms with E-state index in [-0.39, 0.29) is 22.7 Å². The fraction of sp³-hybridized carbons (Fsp3) is 0.261. The zero-order chi connectivity index (χ0) is 24.3. The number of aromatic amines is 1. The molecule has 0 aliphatic carbocycles. The molecule has 3 aromatic rings. The van der Waals surface area contributed by atoms with Crippen molar-refractivity contribution in [1.29, 1.82) is 0 Å². The molecule has 0 unspecified atom stereocenters. The van der Waals surface area contributed by atoms with Gasteiger partial charge in [-0.05, 0) is 62.7 Å². The van der Waals surface area contributed by atoms with Crippen molar-refractivity contribution in [2.24, 2.45) is 0 Å². The maximum Gasteiger partial charge on any atom is 0.354 e. The Kier molecular flexibility index (Phi) is 7.09. The number of esters is 1. The van der Waals surface area contributed by atoms with Crippen molar-refractivity contribution in [3.05, 3.63) is 82.7 Å². The molecule has 8 nitrogen and oxygen atoms in total. The van der Waals surface area contributed by atoms with E-state index in [1.165, 1.54) is 20.2 Å². The van der Waals surface area contributed by atoms with Crippen LogP contribution in [0.5, 0.6) is 0 Å². The minimum absolute atomic E-state index is 0.128. The number of carbonyl (C=O) groups excluding carboxylic acids is 2. The van der Waals surface area contributed by atoms with Crippen LogP contribution < -0.4 is 0 Å². The maximum atomic E-state index is 13.5. The normalized spacial score (nSPS) is 12.5. The molecule has 0 spiro atoms. The van der Waals surface area contributed by atoms with Gasteiger partial charge in [-0.3, -0.25) is 9.78 Å². The molecule has 33 heavy (non-hydrogen) atoms. The molecule has 0 radical (unpaired) electrons. The molecule has 0 bridgehead atoms. The molecule has 0 aliphatic rings. The van der Waals surface area contributed by atoms with Crippen molar-refractivity contribution in [3.63, 3.8) is 0 Å². The summed E-state index contributed by atoms with van der Waals surface area (Å²) >= 11 is 0. The fourth-order valence-corrected chi connectivity index (χ4v) is 5.15. The van der Waals surface area contributed by atoms with Gasteiger partial charge in [0.1, 0.15) is 11.5 Å². The highest BCUT2D eigenvalue weighted by atomic mass is 32.2. The molecule has 1 N–H and O–H groups in total. The van der Waals surface area contributed by atoms with Crippen LogP contribution in [0.3, 0.4) is 0 Å². The van der Waals surface area contributed by atoms with Crippen LogP contribution in [-0.4, -0.2) is 47.6 Å². The van der Waals surface area contributed by atoms with Gasteiger partial charge in [0, 0.05) is 17.5 Å². The summed E-state index contributed by atoms with van der Waals surface area (Å²) in [5.41, 5.74) is 1.56. The van der Waals surface area contributed by atoms with E-state index >= 15 is 0 Å². The third kappa shape index (κ3) is 4.86. The number of Topliss-reactive ketones (excluding diaryl/α,β-unsaturated/α-hetero) is 1. The van der Waals surface area contributed by atoms with E-state index in [9.17, 15) is 22.4 Å². The molecule has 3 rings (SSSR count). The van der Waals surface area contributed by atoms with E-state index in [2.05, 4.69) is 9.97 Å². The van der Waals surface area contributed by atoms with Crippen LogP contribution in [0.15, 0.2) is 53.6 Å². The third-order valence-corrected chi connectivity index (χ3v) is 7.28. The Bertz CT molecular complexity index is 1270. The molecule has 174 valence electrons. The van der Waals surface area contributed by atoms with Crippen LogP contribution in [-0.2, 0) is 21.3 Å². The largest absolute Gasteiger partial charge is 0.464 e. The standard InChI is InChI=1S/C23H24FN3O5S/c1-14-20(15(2)26-21(14)23(29)32-4)22(28)16(3)27(13-18-7-5-6-12-25-18)33(30,31)19-10-8-17(24)9-11-19/h5-12,16,26H,13H2,1-4H3/t16-/m0/s1. The second-order valence-corrected chi connectivity index (χ2v) is 9.37. The average molecular weight is 474 g/mol. The van der Waals surface area contributed by atoms with Crippen molar-refractivity contribution in [2.45, 2.75) is 38.3 Å². The Morgan fingerprint density at radius 2 is 1.82 bits per heavy atom. The molecule has 2 aromatic heterocycles. The first kappa shape index (κ1) is 24.3. The maximum absolute atomic E-state index is 13.5. The summed E-state index contributed by atoms with van der Waals surface area (Å²) < 4.78 is 46.2. The molecule has 0 amide bonds. The molecule has 0 saturated heterocycles. The van der Waals surface area contributed by atoms with Crippen molar-refractivity contribution in [2.75, 3.05) is 7.11 Å². The summed E-state index contributed by atoms with van der Waals surface area (Å²) in [4.78, 5) is 32.4. The van der Waals surface area contributed by atoms with E-state index < -0.39 is 33.6 Å². The van der Waals surface area contributed by atoms with E-state index in [1.807, 2.05) is 0 Å². The summed E-state index contributed by atoms with van der Waals surface area (Å²) in [6.45, 7) is 4.50. The molecular formula is C23H24FN3O5S. The second kappa shape index (κ2) is 9.63. The Balaban J connectivity index is 2.07. The SMILES string of the molecule is COC(=O)c1[nH]c(C)c(C(=O)[C@H](C)N(Cc2ccccn2)S(=O)(=O)c2ccc(F)cc2)c1C. The molecule has 10 heteroatoms. The lowest BCUT2D eigenvalue weighted by molar-refractivity contribution is 0.0593. The summed E-state index contributed by atoms with van der Waals surface area (Å²) in [6, 6.07) is 8.28. The van der Waals surface area contributed by atoms with E-state index in [0.717, 1.165) is 28.6 Å². The summed E-state index contributed by atoms with van der Waals surface area (Å²) in [6.07, 6.45) is 1.52. The molecular weight excluding hydrogens is 449 g/mol. The number of H-pyrrole nitrogens is 1. The lowest BCUT2D eigenvalue weighted by Crippen LogP contribution is -2.43. The van der Waals surface area contributed by atoms with Crippen LogP contribution >= 0.6 is 0 Å². The number of halogens is 1. The highest BCUT2D eigenvalue weighted by Gasteiger charge is 2.36. The Labute approximate surface area is 191 Å². The fourth-order valence-electron chi connectivity index (χ4n) is 3.59. The van der Waals surface area contributed by atoms with Crippen molar-refractivity contribution >= 4 is 21.8 Å². The monoisotopic (exact) mass is 473 g/mol. The van der Waals surface area contributed by atoms with Crippen LogP contribution in [0.1, 0.15) is 44.7 Å². The number of hydrogen-bond acceptors (Lipinski definition) is 6. The molecule has 1 aromatic carbocycles. The van der Waals surface area contributed by atoms with Crippen LogP contribution in [0.4, 0.5) is 4.39 Å². The van der Waals surface area contributed by atoms with Crippen LogP contribution in [0.25, 0.3) is 0 Å². The van der Waals surface area contributed by atoms with Gasteiger partial charge in [-0.2, -0.15) is 4.31 Å². The molecule has 0 saturated carbocycles. The Hall–Kier alpha value is -3.37. The van der Waals surface area contributed by atoms with Gasteiger partial charge in [0.25, 0.3) is 0 Å². The van der Waals surface area contributed by atoms with Crippen LogP contribution in [0, 0.1) is 19.7 Å². The first-order chi connectivity index (χ1) is 15.6. The van der Waals surface area contributed by atoms with Gasteiger partial charge in [-0.1, -0.05) is 6.07 Å². The zero-order valence-corrected chi connectivity index (χ0v) is 19.4. The highest BCUT2D eigenvalue weighted by Crippen LogP contribution is 2.26. The minimum Gasteiger partial charge on any atom is -0.464 e. The topological polar surface area (TPSA) is 109 Å². The van der Waals surface area contributed by atoms with Gasteiger partial charge >= 0.3 is 5.97 Å². The number of benzene rings is 1. The second-order valence-electron chi connectivity index (χ2n) is 7.48. The van der Waals surface area contributed by atoms with E-state index in [4.69, 9.17) is 4.74 Å². The first-order valence-corrected chi connectivity index (χ1v) is 11.5. The minimum atomic E-state index is -4.20. The van der Waals surface area contributed by atoms with Gasteiger partial charge in [-0.25, -0.2) is 17.6 Å². The molecule has 2 heterocycles. The molecule has 0 aliphatic heterocycles. The summed E-state index contributed by atoms with van der Waals surface area (Å²) in [5.74, 6) is -1.71. The quantitative estimate of drug-likeness (QED) is 0.397. The first-order valence-electron chi connectivity index (χ1n) is 10.1. The Morgan fingerprint density at radius 1 is 1.15 bits per heavy atom. The number of aromatic nitrogens is 2. The summed E-state index contributed by atoms with van der Waals surface area (Å²) in [5, 5.41) is 0. The average Bonchev–Trinajstić information content (AvgIpc) is 3.10. The number of nitrogens with zero attached hydrogens (tertiary/aromatic N) is 2. The lowest BCUT2D eigenvalue weighted by Gasteiger charge is -2.27. The van der Waals surface area contributed by atoms with Crippen molar-refractivity contribution in [3.8, 4) is 0 Å². The summed E-state index contributed by atoms with van der Waals surface area (Å²) in [7, 11) is -2.98. The van der Waals surface area contributed by atoms with Crippen LogP contribution in [0.2, 0.25) is 0 Å². The third-order valence-electron chi connectivity index (χ3n) is 5.35.